The second kappa shape index (κ2) is 9.47. The van der Waals surface area contributed by atoms with E-state index in [-0.39, 0.29) is 18.2 Å². The molecule has 1 unspecified atom stereocenters. The van der Waals surface area contributed by atoms with E-state index in [0.717, 1.165) is 9.26 Å². The third-order valence-electron chi connectivity index (χ3n) is 3.99. The maximum Gasteiger partial charge on any atom is 0.238 e. The van der Waals surface area contributed by atoms with E-state index in [4.69, 9.17) is 23.2 Å². The molecule has 1 N–H and O–H groups in total. The third-order valence-corrected chi connectivity index (χ3v) is 6.63. The van der Waals surface area contributed by atoms with Crippen molar-refractivity contribution in [2.45, 2.75) is 18.6 Å². The zero-order valence-electron chi connectivity index (χ0n) is 14.8. The molecule has 0 aromatic heterocycles. The van der Waals surface area contributed by atoms with Gasteiger partial charge in [0.15, 0.2) is 5.17 Å². The zero-order chi connectivity index (χ0) is 20.3. The second-order valence-electron chi connectivity index (χ2n) is 5.94. The van der Waals surface area contributed by atoms with Crippen LogP contribution in [0.2, 0.25) is 10.0 Å². The Hall–Kier alpha value is -1.29. The lowest BCUT2D eigenvalue weighted by Crippen LogP contribution is -2.45. The van der Waals surface area contributed by atoms with Gasteiger partial charge in [-0.2, -0.15) is 0 Å². The van der Waals surface area contributed by atoms with Crippen molar-refractivity contribution in [2.24, 2.45) is 4.99 Å². The number of aliphatic imine (C=N–C) groups is 1. The van der Waals surface area contributed by atoms with Gasteiger partial charge in [0.05, 0.1) is 15.7 Å². The predicted octanol–water partition coefficient (Wildman–Crippen LogP) is 5.58. The minimum atomic E-state index is -0.577. The quantitative estimate of drug-likeness (QED) is 0.508. The number of anilines is 1. The van der Waals surface area contributed by atoms with E-state index in [1.165, 1.54) is 11.8 Å². The summed E-state index contributed by atoms with van der Waals surface area (Å²) in [6.45, 7) is 2.38. The molecule has 1 saturated heterocycles. The molecule has 28 heavy (non-hydrogen) atoms. The van der Waals surface area contributed by atoms with Gasteiger partial charge >= 0.3 is 0 Å². The first kappa shape index (κ1) is 21.4. The van der Waals surface area contributed by atoms with Crippen molar-refractivity contribution < 1.29 is 9.59 Å². The monoisotopic (exact) mass is 547 g/mol. The first-order valence-electron chi connectivity index (χ1n) is 8.44. The first-order chi connectivity index (χ1) is 13.4. The Morgan fingerprint density at radius 2 is 1.96 bits per heavy atom. The first-order valence-corrected chi connectivity index (χ1v) is 11.2. The van der Waals surface area contributed by atoms with Crippen LogP contribution >= 0.6 is 57.6 Å². The summed E-state index contributed by atoms with van der Waals surface area (Å²) in [5, 5.41) is 3.50. The van der Waals surface area contributed by atoms with Crippen LogP contribution in [0.3, 0.4) is 0 Å². The number of hydrogen-bond donors (Lipinski definition) is 1. The molecule has 1 aliphatic rings. The molecule has 1 atom stereocenters. The molecule has 5 nitrogen and oxygen atoms in total. The number of carbonyl (C=O) groups excluding carboxylic acids is 2. The number of rotatable bonds is 4. The molecule has 146 valence electrons. The maximum atomic E-state index is 12.7. The molecule has 0 saturated carbocycles. The second-order valence-corrected chi connectivity index (χ2v) is 9.17. The normalized spacial score (nSPS) is 18.4. The van der Waals surface area contributed by atoms with Crippen LogP contribution in [0.5, 0.6) is 0 Å². The summed E-state index contributed by atoms with van der Waals surface area (Å²) < 4.78 is 1.10. The van der Waals surface area contributed by atoms with Crippen molar-refractivity contribution in [2.75, 3.05) is 11.9 Å². The van der Waals surface area contributed by atoms with Crippen molar-refractivity contribution in [3.63, 3.8) is 0 Å². The minimum Gasteiger partial charge on any atom is -0.325 e. The Kier molecular flexibility index (Phi) is 7.25. The topological polar surface area (TPSA) is 61.8 Å². The number of hydrogen-bond acceptors (Lipinski definition) is 4. The summed E-state index contributed by atoms with van der Waals surface area (Å²) in [7, 11) is 0. The van der Waals surface area contributed by atoms with Crippen LogP contribution in [0.4, 0.5) is 11.4 Å². The summed E-state index contributed by atoms with van der Waals surface area (Å²) in [6.07, 6.45) is 0.109. The van der Waals surface area contributed by atoms with E-state index < -0.39 is 5.25 Å². The SMILES string of the molecule is CCN1C(=O)CC(C(=O)Nc2ccc(Cl)c(Cl)c2)SC1=Nc1ccc(I)cc1. The van der Waals surface area contributed by atoms with Crippen molar-refractivity contribution in [3.8, 4) is 0 Å². The Labute approximate surface area is 191 Å². The van der Waals surface area contributed by atoms with Crippen LogP contribution in [0.15, 0.2) is 47.5 Å². The lowest BCUT2D eigenvalue weighted by atomic mass is 10.2. The molecule has 2 aromatic rings. The van der Waals surface area contributed by atoms with Crippen molar-refractivity contribution >= 4 is 85.9 Å². The lowest BCUT2D eigenvalue weighted by molar-refractivity contribution is -0.129. The van der Waals surface area contributed by atoms with Gasteiger partial charge in [-0.15, -0.1) is 0 Å². The van der Waals surface area contributed by atoms with Gasteiger partial charge in [0.1, 0.15) is 5.25 Å². The molecule has 0 spiro atoms. The number of benzene rings is 2. The fourth-order valence-electron chi connectivity index (χ4n) is 2.58. The van der Waals surface area contributed by atoms with E-state index in [2.05, 4.69) is 32.9 Å². The van der Waals surface area contributed by atoms with Crippen LogP contribution in [0.25, 0.3) is 0 Å². The molecule has 0 bridgehead atoms. The van der Waals surface area contributed by atoms with Gasteiger partial charge in [-0.05, 0) is 72.0 Å². The fourth-order valence-corrected chi connectivity index (χ4v) is 4.40. The molecule has 2 aromatic carbocycles. The molecule has 9 heteroatoms. The number of nitrogens with zero attached hydrogens (tertiary/aromatic N) is 2. The van der Waals surface area contributed by atoms with Crippen molar-refractivity contribution in [1.82, 2.24) is 4.90 Å². The lowest BCUT2D eigenvalue weighted by Gasteiger charge is -2.30. The van der Waals surface area contributed by atoms with Crippen LogP contribution in [0, 0.1) is 3.57 Å². The smallest absolute Gasteiger partial charge is 0.238 e. The highest BCUT2D eigenvalue weighted by atomic mass is 127. The number of amides is 2. The molecule has 1 heterocycles. The standard InChI is InChI=1S/C19H16Cl2IN3O2S/c1-2-25-17(26)10-16(18(27)23-13-7-8-14(20)15(21)9-13)28-19(25)24-12-5-3-11(22)4-6-12/h3-9,16H,2,10H2,1H3,(H,23,27). The molecule has 0 radical (unpaired) electrons. The Morgan fingerprint density at radius 3 is 2.61 bits per heavy atom. The van der Waals surface area contributed by atoms with Crippen LogP contribution in [0.1, 0.15) is 13.3 Å². The van der Waals surface area contributed by atoms with E-state index >= 15 is 0 Å². The van der Waals surface area contributed by atoms with Gasteiger partial charge in [-0.3, -0.25) is 14.5 Å². The summed E-state index contributed by atoms with van der Waals surface area (Å²) in [5.41, 5.74) is 1.27. The number of carbonyl (C=O) groups is 2. The summed E-state index contributed by atoms with van der Waals surface area (Å²) in [6, 6.07) is 12.5. The average molecular weight is 548 g/mol. The highest BCUT2D eigenvalue weighted by Gasteiger charge is 2.35. The van der Waals surface area contributed by atoms with Gasteiger partial charge in [0, 0.05) is 22.2 Å². The molecule has 1 fully saturated rings. The highest BCUT2D eigenvalue weighted by molar-refractivity contribution is 14.1. The van der Waals surface area contributed by atoms with E-state index in [1.807, 2.05) is 31.2 Å². The van der Waals surface area contributed by atoms with Crippen LogP contribution in [-0.4, -0.2) is 33.7 Å². The zero-order valence-corrected chi connectivity index (χ0v) is 19.3. The molecule has 2 amide bonds. The third kappa shape index (κ3) is 5.20. The largest absolute Gasteiger partial charge is 0.325 e. The molecule has 3 rings (SSSR count). The average Bonchev–Trinajstić information content (AvgIpc) is 2.66. The number of amidine groups is 1. The van der Waals surface area contributed by atoms with Gasteiger partial charge in [-0.1, -0.05) is 35.0 Å². The fraction of sp³-hybridized carbons (Fsp3) is 0.211. The van der Waals surface area contributed by atoms with E-state index in [1.54, 1.807) is 23.1 Å². The summed E-state index contributed by atoms with van der Waals surface area (Å²) in [5.74, 6) is -0.400. The van der Waals surface area contributed by atoms with Crippen LogP contribution < -0.4 is 5.32 Å². The van der Waals surface area contributed by atoms with Crippen molar-refractivity contribution in [3.05, 3.63) is 56.1 Å². The van der Waals surface area contributed by atoms with E-state index in [9.17, 15) is 9.59 Å². The van der Waals surface area contributed by atoms with Gasteiger partial charge < -0.3 is 5.32 Å². The number of nitrogens with one attached hydrogen (secondary N) is 1. The summed E-state index contributed by atoms with van der Waals surface area (Å²) >= 11 is 15.4. The maximum absolute atomic E-state index is 12.7. The van der Waals surface area contributed by atoms with Crippen LogP contribution in [-0.2, 0) is 9.59 Å². The number of thioether (sulfide) groups is 1. The Balaban J connectivity index is 1.80. The van der Waals surface area contributed by atoms with Gasteiger partial charge in [0.2, 0.25) is 11.8 Å². The highest BCUT2D eigenvalue weighted by Crippen LogP contribution is 2.31. The van der Waals surface area contributed by atoms with E-state index in [0.29, 0.717) is 27.4 Å². The minimum absolute atomic E-state index is 0.109. The van der Waals surface area contributed by atoms with Gasteiger partial charge in [0.25, 0.3) is 0 Å². The van der Waals surface area contributed by atoms with Crippen molar-refractivity contribution in [1.29, 1.82) is 0 Å². The summed E-state index contributed by atoms with van der Waals surface area (Å²) in [4.78, 5) is 31.5. The van der Waals surface area contributed by atoms with Gasteiger partial charge in [-0.25, -0.2) is 4.99 Å². The molecular formula is C19H16Cl2IN3O2S. The molecular weight excluding hydrogens is 532 g/mol. The molecule has 0 aliphatic carbocycles. The Morgan fingerprint density at radius 1 is 1.25 bits per heavy atom. The Bertz CT molecular complexity index is 937. The number of halogens is 3. The molecule has 1 aliphatic heterocycles. The predicted molar refractivity (Wildman–Crippen MR) is 125 cm³/mol.